The number of hydrogen-bond acceptors (Lipinski definition) is 1. The smallest absolute Gasteiger partial charge is 0.0488 e. The Hall–Kier alpha value is -0.870. The zero-order valence-corrected chi connectivity index (χ0v) is 12.4. The Balaban J connectivity index is 2.24. The Kier molecular flexibility index (Phi) is 2.92. The molecule has 3 rings (SSSR count). The molecular weight excluding hydrogens is 339 g/mol. The van der Waals surface area contributed by atoms with E-state index in [-0.39, 0.29) is 0 Å². The Morgan fingerprint density at radius 2 is 1.65 bits per heavy atom. The van der Waals surface area contributed by atoms with Crippen molar-refractivity contribution in [2.45, 2.75) is 6.92 Å². The number of fused-ring (bicyclic) bond motifs is 1. The number of rotatable bonds is 1. The molecule has 0 nitrogen and oxygen atoms in total. The summed E-state index contributed by atoms with van der Waals surface area (Å²) in [4.78, 5) is 1.38. The summed E-state index contributed by atoms with van der Waals surface area (Å²) >= 11 is 4.33. The number of thiophene rings is 1. The minimum Gasteiger partial charge on any atom is -0.134 e. The van der Waals surface area contributed by atoms with Crippen LogP contribution in [0.3, 0.4) is 0 Å². The lowest BCUT2D eigenvalue weighted by Gasteiger charge is -1.99. The first-order valence-electron chi connectivity index (χ1n) is 5.50. The van der Waals surface area contributed by atoms with Crippen LogP contribution in [0.4, 0.5) is 0 Å². The van der Waals surface area contributed by atoms with Gasteiger partial charge in [0.1, 0.15) is 0 Å². The van der Waals surface area contributed by atoms with Crippen molar-refractivity contribution in [2.75, 3.05) is 0 Å². The molecule has 2 heteroatoms. The van der Waals surface area contributed by atoms with Gasteiger partial charge in [-0.15, -0.1) is 11.3 Å². The molecule has 0 aliphatic carbocycles. The van der Waals surface area contributed by atoms with Crippen LogP contribution in [0.1, 0.15) is 5.56 Å². The second kappa shape index (κ2) is 4.42. The van der Waals surface area contributed by atoms with Crippen LogP contribution in [0.15, 0.2) is 48.5 Å². The highest BCUT2D eigenvalue weighted by molar-refractivity contribution is 14.1. The van der Waals surface area contributed by atoms with E-state index in [0.717, 1.165) is 0 Å². The van der Waals surface area contributed by atoms with E-state index in [1.165, 1.54) is 29.7 Å². The monoisotopic (exact) mass is 350 g/mol. The average Bonchev–Trinajstić information content (AvgIpc) is 2.69. The second-order valence-electron chi connectivity index (χ2n) is 4.11. The van der Waals surface area contributed by atoms with Gasteiger partial charge in [0.15, 0.2) is 0 Å². The first-order valence-corrected chi connectivity index (χ1v) is 7.39. The SMILES string of the molecule is Cc1ccc(-c2sc3ccccc3c2I)cc1. The summed E-state index contributed by atoms with van der Waals surface area (Å²) < 4.78 is 2.74. The van der Waals surface area contributed by atoms with E-state index < -0.39 is 0 Å². The van der Waals surface area contributed by atoms with E-state index >= 15 is 0 Å². The fraction of sp³-hybridized carbons (Fsp3) is 0.0667. The molecule has 0 bridgehead atoms. The standard InChI is InChI=1S/C15H11IS/c1-10-6-8-11(9-7-10)15-14(16)12-4-2-3-5-13(12)17-15/h2-9H,1H3. The van der Waals surface area contributed by atoms with Crippen LogP contribution < -0.4 is 0 Å². The minimum atomic E-state index is 1.31. The zero-order chi connectivity index (χ0) is 11.8. The summed E-state index contributed by atoms with van der Waals surface area (Å²) in [6.07, 6.45) is 0. The van der Waals surface area contributed by atoms with Crippen LogP contribution in [-0.4, -0.2) is 0 Å². The molecule has 3 aromatic rings. The van der Waals surface area contributed by atoms with Gasteiger partial charge in [0, 0.05) is 18.5 Å². The molecule has 0 N–H and O–H groups in total. The van der Waals surface area contributed by atoms with Crippen molar-refractivity contribution in [3.8, 4) is 10.4 Å². The molecule has 0 unspecified atom stereocenters. The summed E-state index contributed by atoms with van der Waals surface area (Å²) in [7, 11) is 0. The van der Waals surface area contributed by atoms with Crippen LogP contribution in [0, 0.1) is 10.5 Å². The number of halogens is 1. The van der Waals surface area contributed by atoms with E-state index in [2.05, 4.69) is 78.0 Å². The van der Waals surface area contributed by atoms with Gasteiger partial charge in [-0.2, -0.15) is 0 Å². The Morgan fingerprint density at radius 1 is 0.941 bits per heavy atom. The van der Waals surface area contributed by atoms with Crippen molar-refractivity contribution in [3.05, 3.63) is 57.7 Å². The highest BCUT2D eigenvalue weighted by Gasteiger charge is 2.10. The third-order valence-corrected chi connectivity index (χ3v) is 5.55. The van der Waals surface area contributed by atoms with E-state index in [1.807, 2.05) is 11.3 Å². The highest BCUT2D eigenvalue weighted by Crippen LogP contribution is 2.39. The number of benzene rings is 2. The third kappa shape index (κ3) is 2.00. The maximum Gasteiger partial charge on any atom is 0.0488 e. The average molecular weight is 350 g/mol. The summed E-state index contributed by atoms with van der Waals surface area (Å²) in [6.45, 7) is 2.12. The fourth-order valence-electron chi connectivity index (χ4n) is 1.90. The number of hydrogen-bond donors (Lipinski definition) is 0. The van der Waals surface area contributed by atoms with Crippen molar-refractivity contribution in [1.29, 1.82) is 0 Å². The maximum absolute atomic E-state index is 2.46. The van der Waals surface area contributed by atoms with Crippen LogP contribution in [0.5, 0.6) is 0 Å². The molecule has 1 aromatic heterocycles. The van der Waals surface area contributed by atoms with E-state index in [9.17, 15) is 0 Å². The van der Waals surface area contributed by atoms with E-state index in [1.54, 1.807) is 0 Å². The first kappa shape index (κ1) is 11.2. The lowest BCUT2D eigenvalue weighted by atomic mass is 10.1. The molecule has 0 amide bonds. The lowest BCUT2D eigenvalue weighted by Crippen LogP contribution is -1.76. The highest BCUT2D eigenvalue weighted by atomic mass is 127. The van der Waals surface area contributed by atoms with Crippen molar-refractivity contribution in [2.24, 2.45) is 0 Å². The molecule has 0 fully saturated rings. The molecule has 0 saturated carbocycles. The lowest BCUT2D eigenvalue weighted by molar-refractivity contribution is 1.48. The summed E-state index contributed by atoms with van der Waals surface area (Å²) in [5, 5.41) is 1.37. The van der Waals surface area contributed by atoms with Crippen LogP contribution in [-0.2, 0) is 0 Å². The maximum atomic E-state index is 2.46. The largest absolute Gasteiger partial charge is 0.134 e. The van der Waals surface area contributed by atoms with Gasteiger partial charge in [-0.3, -0.25) is 0 Å². The van der Waals surface area contributed by atoms with Crippen LogP contribution in [0.25, 0.3) is 20.5 Å². The summed E-state index contributed by atoms with van der Waals surface area (Å²) in [5.41, 5.74) is 2.63. The zero-order valence-electron chi connectivity index (χ0n) is 9.41. The Labute approximate surface area is 118 Å². The Bertz CT molecular complexity index is 665. The second-order valence-corrected chi connectivity index (χ2v) is 6.24. The van der Waals surface area contributed by atoms with Crippen molar-refractivity contribution in [1.82, 2.24) is 0 Å². The van der Waals surface area contributed by atoms with Gasteiger partial charge >= 0.3 is 0 Å². The van der Waals surface area contributed by atoms with E-state index in [0.29, 0.717) is 0 Å². The molecular formula is C15H11IS. The molecule has 0 saturated heterocycles. The summed E-state index contributed by atoms with van der Waals surface area (Å²) in [6, 6.07) is 17.4. The van der Waals surface area contributed by atoms with Gasteiger partial charge in [-0.1, -0.05) is 48.0 Å². The molecule has 0 atom stereocenters. The quantitative estimate of drug-likeness (QED) is 0.510. The topological polar surface area (TPSA) is 0 Å². The summed E-state index contributed by atoms with van der Waals surface area (Å²) in [5.74, 6) is 0. The van der Waals surface area contributed by atoms with Crippen molar-refractivity contribution in [3.63, 3.8) is 0 Å². The van der Waals surface area contributed by atoms with Crippen LogP contribution >= 0.6 is 33.9 Å². The van der Waals surface area contributed by atoms with Gasteiger partial charge in [0.2, 0.25) is 0 Å². The predicted octanol–water partition coefficient (Wildman–Crippen LogP) is 5.48. The van der Waals surface area contributed by atoms with Gasteiger partial charge in [0.25, 0.3) is 0 Å². The third-order valence-electron chi connectivity index (χ3n) is 2.85. The van der Waals surface area contributed by atoms with Gasteiger partial charge in [-0.25, -0.2) is 0 Å². The van der Waals surface area contributed by atoms with Gasteiger partial charge in [0.05, 0.1) is 0 Å². The van der Waals surface area contributed by atoms with Crippen molar-refractivity contribution >= 4 is 44.0 Å². The molecule has 0 aliphatic heterocycles. The molecule has 0 aliphatic rings. The normalized spacial score (nSPS) is 10.9. The van der Waals surface area contributed by atoms with Gasteiger partial charge in [-0.05, 0) is 41.1 Å². The molecule has 84 valence electrons. The van der Waals surface area contributed by atoms with Crippen molar-refractivity contribution < 1.29 is 0 Å². The molecule has 0 spiro atoms. The Morgan fingerprint density at radius 3 is 2.35 bits per heavy atom. The van der Waals surface area contributed by atoms with Crippen LogP contribution in [0.2, 0.25) is 0 Å². The molecule has 1 heterocycles. The fourth-order valence-corrected chi connectivity index (χ4v) is 4.30. The molecule has 2 aromatic carbocycles. The van der Waals surface area contributed by atoms with Gasteiger partial charge < -0.3 is 0 Å². The number of aryl methyl sites for hydroxylation is 1. The predicted molar refractivity (Wildman–Crippen MR) is 84.7 cm³/mol. The molecule has 0 radical (unpaired) electrons. The minimum absolute atomic E-state index is 1.31. The van der Waals surface area contributed by atoms with E-state index in [4.69, 9.17) is 0 Å². The first-order chi connectivity index (χ1) is 8.25. The molecule has 17 heavy (non-hydrogen) atoms.